The molecule has 1 N–H and O–H groups in total. The molecule has 12 heteroatoms. The fourth-order valence-corrected chi connectivity index (χ4v) is 5.98. The van der Waals surface area contributed by atoms with Gasteiger partial charge in [-0.15, -0.1) is 0 Å². The zero-order valence-electron chi connectivity index (χ0n) is 26.7. The zero-order chi connectivity index (χ0) is 33.0. The van der Waals surface area contributed by atoms with E-state index in [4.69, 9.17) is 18.9 Å². The molecule has 0 aliphatic heterocycles. The van der Waals surface area contributed by atoms with Crippen LogP contribution >= 0.6 is 0 Å². The summed E-state index contributed by atoms with van der Waals surface area (Å²) in [5.74, 6) is 0.866. The van der Waals surface area contributed by atoms with Crippen molar-refractivity contribution >= 4 is 27.5 Å². The summed E-state index contributed by atoms with van der Waals surface area (Å²) >= 11 is 0. The summed E-state index contributed by atoms with van der Waals surface area (Å²) in [6.07, 6.45) is 1.69. The Morgan fingerprint density at radius 1 is 0.844 bits per heavy atom. The van der Waals surface area contributed by atoms with Crippen LogP contribution in [0.25, 0.3) is 0 Å². The smallest absolute Gasteiger partial charge is 0.264 e. The van der Waals surface area contributed by atoms with Crippen molar-refractivity contribution in [1.29, 1.82) is 0 Å². The molecule has 45 heavy (non-hydrogen) atoms. The maximum absolute atomic E-state index is 14.2. The van der Waals surface area contributed by atoms with Gasteiger partial charge in [-0.1, -0.05) is 25.5 Å². The summed E-state index contributed by atoms with van der Waals surface area (Å²) < 4.78 is 50.9. The first-order valence-corrected chi connectivity index (χ1v) is 16.2. The Labute approximate surface area is 266 Å². The molecule has 0 heterocycles. The number of anilines is 1. The van der Waals surface area contributed by atoms with Crippen LogP contribution in [-0.2, 0) is 26.2 Å². The van der Waals surface area contributed by atoms with E-state index < -0.39 is 28.5 Å². The molecule has 0 spiro atoms. The summed E-state index contributed by atoms with van der Waals surface area (Å²) in [5, 5.41) is 2.88. The number of unbranched alkanes of at least 4 members (excludes halogenated alkanes) is 1. The minimum absolute atomic E-state index is 0.0682. The number of rotatable bonds is 17. The number of sulfonamides is 1. The minimum atomic E-state index is -4.32. The van der Waals surface area contributed by atoms with Gasteiger partial charge in [0, 0.05) is 19.2 Å². The predicted octanol–water partition coefficient (Wildman–Crippen LogP) is 4.64. The van der Waals surface area contributed by atoms with E-state index in [2.05, 4.69) is 5.32 Å². The van der Waals surface area contributed by atoms with Crippen molar-refractivity contribution in [3.8, 4) is 23.0 Å². The molecule has 11 nitrogen and oxygen atoms in total. The number of hydrogen-bond donors (Lipinski definition) is 1. The molecule has 3 aromatic rings. The predicted molar refractivity (Wildman–Crippen MR) is 173 cm³/mol. The quantitative estimate of drug-likeness (QED) is 0.212. The SMILES string of the molecule is CCCCNC(=O)C(C)N(Cc1ccc(OC)cc1)C(=O)CN(c1ccc(OCC)cc1)S(=O)(=O)c1ccc(OC)c(OC)c1. The Hall–Kier alpha value is -4.45. The third-order valence-corrected chi connectivity index (χ3v) is 8.94. The van der Waals surface area contributed by atoms with Crippen LogP contribution in [0.15, 0.2) is 71.6 Å². The van der Waals surface area contributed by atoms with E-state index in [-0.39, 0.29) is 28.8 Å². The Morgan fingerprint density at radius 3 is 2.07 bits per heavy atom. The van der Waals surface area contributed by atoms with Crippen molar-refractivity contribution in [2.24, 2.45) is 0 Å². The van der Waals surface area contributed by atoms with E-state index in [1.165, 1.54) is 37.3 Å². The average molecular weight is 642 g/mol. The molecule has 3 aromatic carbocycles. The maximum atomic E-state index is 14.2. The van der Waals surface area contributed by atoms with Gasteiger partial charge in [-0.2, -0.15) is 0 Å². The van der Waals surface area contributed by atoms with E-state index in [0.717, 1.165) is 22.7 Å². The minimum Gasteiger partial charge on any atom is -0.497 e. The summed E-state index contributed by atoms with van der Waals surface area (Å²) in [4.78, 5) is 28.6. The van der Waals surface area contributed by atoms with Gasteiger partial charge < -0.3 is 29.2 Å². The van der Waals surface area contributed by atoms with Gasteiger partial charge in [0.2, 0.25) is 11.8 Å². The van der Waals surface area contributed by atoms with E-state index in [9.17, 15) is 18.0 Å². The molecule has 1 unspecified atom stereocenters. The molecule has 0 bridgehead atoms. The molecule has 0 saturated carbocycles. The topological polar surface area (TPSA) is 124 Å². The molecule has 0 fully saturated rings. The van der Waals surface area contributed by atoms with Gasteiger partial charge in [0.1, 0.15) is 24.1 Å². The first-order chi connectivity index (χ1) is 21.6. The lowest BCUT2D eigenvalue weighted by molar-refractivity contribution is -0.139. The molecule has 1 atom stereocenters. The van der Waals surface area contributed by atoms with E-state index in [1.807, 2.05) is 13.8 Å². The lowest BCUT2D eigenvalue weighted by atomic mass is 10.1. The molecule has 0 aromatic heterocycles. The first kappa shape index (κ1) is 35.0. The fraction of sp³-hybridized carbons (Fsp3) is 0.394. The van der Waals surface area contributed by atoms with Crippen molar-refractivity contribution in [2.75, 3.05) is 45.3 Å². The molecule has 0 radical (unpaired) electrons. The monoisotopic (exact) mass is 641 g/mol. The average Bonchev–Trinajstić information content (AvgIpc) is 3.06. The Bertz CT molecular complexity index is 1510. The van der Waals surface area contributed by atoms with Crippen molar-refractivity contribution in [1.82, 2.24) is 10.2 Å². The van der Waals surface area contributed by atoms with Gasteiger partial charge in [-0.25, -0.2) is 8.42 Å². The van der Waals surface area contributed by atoms with Gasteiger partial charge >= 0.3 is 0 Å². The molecule has 0 aliphatic rings. The van der Waals surface area contributed by atoms with Crippen molar-refractivity contribution < 1.29 is 37.0 Å². The third-order valence-electron chi connectivity index (χ3n) is 7.17. The highest BCUT2D eigenvalue weighted by Gasteiger charge is 2.33. The number of methoxy groups -OCH3 is 3. The second kappa shape index (κ2) is 16.6. The highest BCUT2D eigenvalue weighted by Crippen LogP contribution is 2.33. The summed E-state index contributed by atoms with van der Waals surface area (Å²) in [6, 6.07) is 16.9. The van der Waals surface area contributed by atoms with Crippen molar-refractivity contribution in [3.63, 3.8) is 0 Å². The van der Waals surface area contributed by atoms with E-state index in [1.54, 1.807) is 62.6 Å². The number of carbonyl (C=O) groups excluding carboxylic acids is 2. The van der Waals surface area contributed by atoms with Gasteiger partial charge in [0.05, 0.1) is 38.5 Å². The lowest BCUT2D eigenvalue weighted by Gasteiger charge is -2.32. The Morgan fingerprint density at radius 2 is 1.49 bits per heavy atom. The molecule has 244 valence electrons. The largest absolute Gasteiger partial charge is 0.497 e. The van der Waals surface area contributed by atoms with Crippen LogP contribution in [0.4, 0.5) is 5.69 Å². The normalized spacial score (nSPS) is 11.7. The van der Waals surface area contributed by atoms with Crippen LogP contribution in [0.2, 0.25) is 0 Å². The first-order valence-electron chi connectivity index (χ1n) is 14.8. The third kappa shape index (κ3) is 9.04. The molecule has 2 amide bonds. The van der Waals surface area contributed by atoms with Gasteiger partial charge in [0.25, 0.3) is 10.0 Å². The second-order valence-corrected chi connectivity index (χ2v) is 12.0. The van der Waals surface area contributed by atoms with Crippen LogP contribution in [0, 0.1) is 0 Å². The lowest BCUT2D eigenvalue weighted by Crippen LogP contribution is -2.51. The van der Waals surface area contributed by atoms with Gasteiger partial charge in [-0.3, -0.25) is 13.9 Å². The van der Waals surface area contributed by atoms with Crippen LogP contribution in [-0.4, -0.2) is 72.2 Å². The zero-order valence-corrected chi connectivity index (χ0v) is 27.6. The van der Waals surface area contributed by atoms with Crippen molar-refractivity contribution in [3.05, 3.63) is 72.3 Å². The number of benzene rings is 3. The highest BCUT2D eigenvalue weighted by atomic mass is 32.2. The molecule has 0 aliphatic carbocycles. The summed E-state index contributed by atoms with van der Waals surface area (Å²) in [5.41, 5.74) is 0.985. The molecular formula is C33H43N3O8S. The summed E-state index contributed by atoms with van der Waals surface area (Å²) in [7, 11) is 0.100. The van der Waals surface area contributed by atoms with E-state index >= 15 is 0 Å². The van der Waals surface area contributed by atoms with Crippen LogP contribution in [0.3, 0.4) is 0 Å². The number of carbonyl (C=O) groups is 2. The van der Waals surface area contributed by atoms with Gasteiger partial charge in [0.15, 0.2) is 11.5 Å². The molecular weight excluding hydrogens is 598 g/mol. The standard InChI is InChI=1S/C33H43N3O8S/c1-7-9-20-34-33(38)24(3)35(22-25-10-14-27(41-4)15-11-25)32(37)23-36(26-12-16-28(17-13-26)44-8-2)45(39,40)29-18-19-30(42-5)31(21-29)43-6/h10-19,21,24H,7-9,20,22-23H2,1-6H3,(H,34,38). The highest BCUT2D eigenvalue weighted by molar-refractivity contribution is 7.92. The number of nitrogens with one attached hydrogen (secondary N) is 1. The van der Waals surface area contributed by atoms with Crippen LogP contribution in [0.5, 0.6) is 23.0 Å². The number of amides is 2. The summed E-state index contributed by atoms with van der Waals surface area (Å²) in [6.45, 7) is 5.89. The van der Waals surface area contributed by atoms with Crippen LogP contribution in [0.1, 0.15) is 39.2 Å². The maximum Gasteiger partial charge on any atom is 0.264 e. The van der Waals surface area contributed by atoms with Crippen molar-refractivity contribution in [2.45, 2.75) is 51.1 Å². The molecule has 0 saturated heterocycles. The van der Waals surface area contributed by atoms with Gasteiger partial charge in [-0.05, 0) is 74.4 Å². The fourth-order valence-electron chi connectivity index (χ4n) is 4.55. The Balaban J connectivity index is 2.05. The number of hydrogen-bond acceptors (Lipinski definition) is 8. The van der Waals surface area contributed by atoms with E-state index in [0.29, 0.717) is 30.4 Å². The Kier molecular flexibility index (Phi) is 12.9. The second-order valence-electron chi connectivity index (χ2n) is 10.1. The number of nitrogens with zero attached hydrogens (tertiary/aromatic N) is 2. The molecule has 3 rings (SSSR count). The van der Waals surface area contributed by atoms with Crippen LogP contribution < -0.4 is 28.6 Å². The number of ether oxygens (including phenoxy) is 4.